The van der Waals surface area contributed by atoms with Crippen molar-refractivity contribution in [2.45, 2.75) is 38.8 Å². The minimum atomic E-state index is -0.201. The Morgan fingerprint density at radius 2 is 2.27 bits per heavy atom. The van der Waals surface area contributed by atoms with Crippen LogP contribution in [0.3, 0.4) is 0 Å². The van der Waals surface area contributed by atoms with Gasteiger partial charge in [-0.2, -0.15) is 0 Å². The summed E-state index contributed by atoms with van der Waals surface area (Å²) in [6, 6.07) is 0.596. The van der Waals surface area contributed by atoms with Crippen LogP contribution < -0.4 is 5.32 Å². The van der Waals surface area contributed by atoms with Crippen molar-refractivity contribution in [3.63, 3.8) is 0 Å². The first kappa shape index (κ1) is 12.5. The Morgan fingerprint density at radius 1 is 1.60 bits per heavy atom. The van der Waals surface area contributed by atoms with Gasteiger partial charge in [-0.25, -0.2) is 0 Å². The molecule has 4 heteroatoms. The van der Waals surface area contributed by atoms with Crippen molar-refractivity contribution in [1.29, 1.82) is 0 Å². The summed E-state index contributed by atoms with van der Waals surface area (Å²) in [4.78, 5) is 13.6. The van der Waals surface area contributed by atoms with E-state index < -0.39 is 0 Å². The van der Waals surface area contributed by atoms with E-state index in [9.17, 15) is 4.79 Å². The minimum Gasteiger partial charge on any atom is -0.468 e. The van der Waals surface area contributed by atoms with Gasteiger partial charge in [0.25, 0.3) is 0 Å². The normalized spacial score (nSPS) is 17.9. The molecule has 1 aliphatic rings. The van der Waals surface area contributed by atoms with Crippen LogP contribution in [0.2, 0.25) is 0 Å². The summed E-state index contributed by atoms with van der Waals surface area (Å²) in [5.74, 6) is -0.190. The maximum absolute atomic E-state index is 11.1. The molecule has 1 rings (SSSR count). The molecule has 1 N–H and O–H groups in total. The quantitative estimate of drug-likeness (QED) is 0.631. The second-order valence-electron chi connectivity index (χ2n) is 4.06. The van der Waals surface area contributed by atoms with E-state index in [1.807, 2.05) is 6.92 Å². The van der Waals surface area contributed by atoms with Crippen LogP contribution in [0, 0.1) is 0 Å². The van der Waals surface area contributed by atoms with E-state index in [1.54, 1.807) is 0 Å². The highest BCUT2D eigenvalue weighted by molar-refractivity contribution is 5.75. The van der Waals surface area contributed by atoms with Crippen LogP contribution in [-0.4, -0.2) is 49.7 Å². The van der Waals surface area contributed by atoms with Crippen LogP contribution in [0.1, 0.15) is 26.7 Å². The van der Waals surface area contributed by atoms with Gasteiger partial charge >= 0.3 is 5.97 Å². The first-order valence-electron chi connectivity index (χ1n) is 5.74. The van der Waals surface area contributed by atoms with E-state index in [1.165, 1.54) is 20.0 Å². The molecule has 0 aromatic rings. The van der Waals surface area contributed by atoms with Crippen LogP contribution in [-0.2, 0) is 9.53 Å². The zero-order chi connectivity index (χ0) is 11.3. The average molecular weight is 214 g/mol. The third-order valence-electron chi connectivity index (χ3n) is 2.87. The monoisotopic (exact) mass is 214 g/mol. The fraction of sp³-hybridized carbons (Fsp3) is 0.909. The lowest BCUT2D eigenvalue weighted by Gasteiger charge is -2.20. The topological polar surface area (TPSA) is 41.6 Å². The van der Waals surface area contributed by atoms with Gasteiger partial charge in [-0.05, 0) is 26.3 Å². The molecule has 1 unspecified atom stereocenters. The molecule has 0 aromatic heterocycles. The van der Waals surface area contributed by atoms with Crippen LogP contribution in [0.4, 0.5) is 0 Å². The maximum atomic E-state index is 11.1. The van der Waals surface area contributed by atoms with Crippen LogP contribution >= 0.6 is 0 Å². The summed E-state index contributed by atoms with van der Waals surface area (Å²) in [5.41, 5.74) is 0. The van der Waals surface area contributed by atoms with Gasteiger partial charge in [0.1, 0.15) is 6.04 Å². The van der Waals surface area contributed by atoms with Gasteiger partial charge in [0.05, 0.1) is 7.11 Å². The van der Waals surface area contributed by atoms with Crippen molar-refractivity contribution in [2.75, 3.05) is 26.7 Å². The number of nitrogens with zero attached hydrogens (tertiary/aromatic N) is 1. The number of carbonyl (C=O) groups is 1. The zero-order valence-electron chi connectivity index (χ0n) is 9.95. The van der Waals surface area contributed by atoms with Gasteiger partial charge in [-0.15, -0.1) is 0 Å². The summed E-state index contributed by atoms with van der Waals surface area (Å²) < 4.78 is 4.64. The third kappa shape index (κ3) is 4.18. The average Bonchev–Trinajstić information content (AvgIpc) is 3.06. The van der Waals surface area contributed by atoms with E-state index >= 15 is 0 Å². The lowest BCUT2D eigenvalue weighted by molar-refractivity contribution is -0.142. The molecule has 15 heavy (non-hydrogen) atoms. The molecule has 1 saturated carbocycles. The molecule has 0 saturated heterocycles. The number of rotatable bonds is 7. The number of ether oxygens (including phenoxy) is 1. The Hall–Kier alpha value is -0.610. The number of hydrogen-bond donors (Lipinski definition) is 1. The number of nitrogens with one attached hydrogen (secondary N) is 1. The van der Waals surface area contributed by atoms with E-state index in [0.29, 0.717) is 0 Å². The van der Waals surface area contributed by atoms with Crippen molar-refractivity contribution in [3.05, 3.63) is 0 Å². The highest BCUT2D eigenvalue weighted by atomic mass is 16.5. The molecular formula is C11H22N2O2. The molecule has 0 aliphatic heterocycles. The Kier molecular flexibility index (Phi) is 5.05. The molecule has 1 fully saturated rings. The van der Waals surface area contributed by atoms with Gasteiger partial charge in [-0.1, -0.05) is 6.92 Å². The molecule has 0 heterocycles. The number of likely N-dealkylation sites (N-methyl/N-ethyl adjacent to an activating group) is 1. The van der Waals surface area contributed by atoms with Gasteiger partial charge in [0.2, 0.25) is 0 Å². The molecule has 1 aliphatic carbocycles. The molecule has 1 atom stereocenters. The SMILES string of the molecule is CCN(CCNC(C)C(=O)OC)C1CC1. The molecule has 0 spiro atoms. The lowest BCUT2D eigenvalue weighted by atomic mass is 10.3. The fourth-order valence-electron chi connectivity index (χ4n) is 1.72. The molecule has 0 bridgehead atoms. The van der Waals surface area contributed by atoms with E-state index in [-0.39, 0.29) is 12.0 Å². The third-order valence-corrected chi connectivity index (χ3v) is 2.87. The highest BCUT2D eigenvalue weighted by Gasteiger charge is 2.27. The van der Waals surface area contributed by atoms with Crippen molar-refractivity contribution < 1.29 is 9.53 Å². The molecule has 4 nitrogen and oxygen atoms in total. The predicted molar refractivity (Wildman–Crippen MR) is 59.7 cm³/mol. The van der Waals surface area contributed by atoms with Gasteiger partial charge in [0, 0.05) is 19.1 Å². The number of carbonyl (C=O) groups excluding carboxylic acids is 1. The lowest BCUT2D eigenvalue weighted by Crippen LogP contribution is -2.40. The highest BCUT2D eigenvalue weighted by Crippen LogP contribution is 2.25. The first-order chi connectivity index (χ1) is 7.19. The van der Waals surface area contributed by atoms with Crippen LogP contribution in [0.15, 0.2) is 0 Å². The van der Waals surface area contributed by atoms with E-state index in [2.05, 4.69) is 21.9 Å². The summed E-state index contributed by atoms with van der Waals surface area (Å²) in [5, 5.41) is 3.16. The maximum Gasteiger partial charge on any atom is 0.322 e. The van der Waals surface area contributed by atoms with Crippen molar-refractivity contribution in [3.8, 4) is 0 Å². The van der Waals surface area contributed by atoms with E-state index in [4.69, 9.17) is 0 Å². The van der Waals surface area contributed by atoms with Gasteiger partial charge in [-0.3, -0.25) is 9.69 Å². The minimum absolute atomic E-state index is 0.190. The zero-order valence-corrected chi connectivity index (χ0v) is 9.95. The Labute approximate surface area is 92.0 Å². The largest absolute Gasteiger partial charge is 0.468 e. The summed E-state index contributed by atoms with van der Waals surface area (Å²) in [6.07, 6.45) is 2.67. The van der Waals surface area contributed by atoms with Crippen molar-refractivity contribution >= 4 is 5.97 Å². The first-order valence-corrected chi connectivity index (χ1v) is 5.74. The van der Waals surface area contributed by atoms with Crippen LogP contribution in [0.25, 0.3) is 0 Å². The predicted octanol–water partition coefficient (Wildman–Crippen LogP) is 0.622. The van der Waals surface area contributed by atoms with Crippen molar-refractivity contribution in [1.82, 2.24) is 10.2 Å². The summed E-state index contributed by atoms with van der Waals surface area (Å²) >= 11 is 0. The smallest absolute Gasteiger partial charge is 0.322 e. The summed E-state index contributed by atoms with van der Waals surface area (Å²) in [6.45, 7) is 6.98. The van der Waals surface area contributed by atoms with Gasteiger partial charge in [0.15, 0.2) is 0 Å². The second kappa shape index (κ2) is 6.08. The van der Waals surface area contributed by atoms with Crippen molar-refractivity contribution in [2.24, 2.45) is 0 Å². The second-order valence-corrected chi connectivity index (χ2v) is 4.06. The molecular weight excluding hydrogens is 192 g/mol. The summed E-state index contributed by atoms with van der Waals surface area (Å²) in [7, 11) is 1.42. The Balaban J connectivity index is 2.11. The Bertz CT molecular complexity index is 205. The van der Waals surface area contributed by atoms with E-state index in [0.717, 1.165) is 25.7 Å². The molecule has 0 radical (unpaired) electrons. The molecule has 88 valence electrons. The number of hydrogen-bond acceptors (Lipinski definition) is 4. The van der Waals surface area contributed by atoms with Crippen LogP contribution in [0.5, 0.6) is 0 Å². The fourth-order valence-corrected chi connectivity index (χ4v) is 1.72. The molecule has 0 amide bonds. The standard InChI is InChI=1S/C11H22N2O2/c1-4-13(10-5-6-10)8-7-12-9(2)11(14)15-3/h9-10,12H,4-8H2,1-3H3. The molecule has 0 aromatic carbocycles. The Morgan fingerprint density at radius 3 is 2.73 bits per heavy atom. The number of methoxy groups -OCH3 is 1. The van der Waals surface area contributed by atoms with Gasteiger partial charge < -0.3 is 10.1 Å². The number of esters is 1.